The minimum atomic E-state index is -0.761. The molecule has 1 aliphatic rings. The third-order valence-corrected chi connectivity index (χ3v) is 5.68. The molecule has 1 saturated heterocycles. The third-order valence-electron chi connectivity index (χ3n) is 4.94. The molecule has 2 aromatic carbocycles. The van der Waals surface area contributed by atoms with Crippen molar-refractivity contribution in [3.63, 3.8) is 0 Å². The quantitative estimate of drug-likeness (QED) is 0.675. The Morgan fingerprint density at radius 2 is 2.00 bits per heavy atom. The van der Waals surface area contributed by atoms with Crippen molar-refractivity contribution in [2.24, 2.45) is 5.92 Å². The van der Waals surface area contributed by atoms with E-state index in [4.69, 9.17) is 23.2 Å². The number of hydrogen-bond donors (Lipinski definition) is 1. The Hall–Kier alpha value is -2.37. The lowest BCUT2D eigenvalue weighted by molar-refractivity contribution is -0.141. The summed E-state index contributed by atoms with van der Waals surface area (Å²) in [5, 5.41) is 11.3. The number of nitrogens with zero attached hydrogens (tertiary/aromatic N) is 3. The van der Waals surface area contributed by atoms with Crippen LogP contribution < -0.4 is 4.90 Å². The van der Waals surface area contributed by atoms with E-state index in [1.807, 2.05) is 35.2 Å². The second kappa shape index (κ2) is 7.33. The van der Waals surface area contributed by atoms with Gasteiger partial charge in [-0.05, 0) is 42.2 Å². The normalized spacial score (nSPS) is 17.3. The highest BCUT2D eigenvalue weighted by molar-refractivity contribution is 6.42. The molecule has 0 unspecified atom stereocenters. The molecule has 1 aromatic heterocycles. The van der Waals surface area contributed by atoms with Gasteiger partial charge in [-0.25, -0.2) is 9.97 Å². The van der Waals surface area contributed by atoms with Crippen molar-refractivity contribution in [1.29, 1.82) is 0 Å². The molecule has 0 saturated carbocycles. The van der Waals surface area contributed by atoms with Crippen LogP contribution in [0.4, 0.5) is 5.82 Å². The fourth-order valence-corrected chi connectivity index (χ4v) is 3.91. The van der Waals surface area contributed by atoms with Crippen LogP contribution in [0.25, 0.3) is 22.0 Å². The SMILES string of the molecule is O=C(O)[C@@H]1CCCN(c2ncnc3cccc(-c4ccc(Cl)c(Cl)c4)c23)C1. The van der Waals surface area contributed by atoms with Gasteiger partial charge in [0.05, 0.1) is 26.9 Å². The van der Waals surface area contributed by atoms with Crippen LogP contribution in [-0.4, -0.2) is 34.1 Å². The Morgan fingerprint density at radius 1 is 1.15 bits per heavy atom. The van der Waals surface area contributed by atoms with Crippen molar-refractivity contribution in [3.05, 3.63) is 52.8 Å². The molecule has 3 aromatic rings. The molecule has 0 bridgehead atoms. The number of aromatic nitrogens is 2. The van der Waals surface area contributed by atoms with E-state index in [9.17, 15) is 9.90 Å². The molecule has 27 heavy (non-hydrogen) atoms. The topological polar surface area (TPSA) is 66.3 Å². The van der Waals surface area contributed by atoms with Gasteiger partial charge in [0, 0.05) is 13.1 Å². The van der Waals surface area contributed by atoms with Crippen LogP contribution in [0.15, 0.2) is 42.7 Å². The summed E-state index contributed by atoms with van der Waals surface area (Å²) in [5.74, 6) is -0.392. The second-order valence-electron chi connectivity index (χ2n) is 6.65. The summed E-state index contributed by atoms with van der Waals surface area (Å²) in [6.07, 6.45) is 3.03. The number of carbonyl (C=O) groups is 1. The highest BCUT2D eigenvalue weighted by atomic mass is 35.5. The van der Waals surface area contributed by atoms with Crippen molar-refractivity contribution in [2.75, 3.05) is 18.0 Å². The van der Waals surface area contributed by atoms with Crippen LogP contribution in [0.1, 0.15) is 12.8 Å². The Balaban J connectivity index is 1.87. The van der Waals surface area contributed by atoms with Gasteiger partial charge in [-0.1, -0.05) is 41.4 Å². The van der Waals surface area contributed by atoms with Crippen molar-refractivity contribution < 1.29 is 9.90 Å². The molecule has 5 nitrogen and oxygen atoms in total. The number of carboxylic acids is 1. The molecule has 1 aliphatic heterocycles. The predicted molar refractivity (Wildman–Crippen MR) is 108 cm³/mol. The first-order chi connectivity index (χ1) is 13.0. The van der Waals surface area contributed by atoms with Gasteiger partial charge in [0.1, 0.15) is 12.1 Å². The molecule has 1 fully saturated rings. The lowest BCUT2D eigenvalue weighted by atomic mass is 9.96. The standard InChI is InChI=1S/C20H17Cl2N3O2/c21-15-7-6-12(9-16(15)22)14-4-1-5-17-18(14)19(24-11-23-17)25-8-2-3-13(10-25)20(26)27/h1,4-7,9,11,13H,2-3,8,10H2,(H,26,27)/t13-/m1/s1. The summed E-state index contributed by atoms with van der Waals surface area (Å²) in [7, 11) is 0. The molecule has 0 aliphatic carbocycles. The number of anilines is 1. The number of halogens is 2. The number of rotatable bonds is 3. The number of carboxylic acid groups (broad SMARTS) is 1. The molecule has 7 heteroatoms. The van der Waals surface area contributed by atoms with Gasteiger partial charge in [-0.3, -0.25) is 4.79 Å². The number of fused-ring (bicyclic) bond motifs is 1. The summed E-state index contributed by atoms with van der Waals surface area (Å²) in [4.78, 5) is 22.4. The Bertz CT molecular complexity index is 1020. The summed E-state index contributed by atoms with van der Waals surface area (Å²) < 4.78 is 0. The molecule has 0 amide bonds. The first-order valence-electron chi connectivity index (χ1n) is 8.71. The van der Waals surface area contributed by atoms with E-state index >= 15 is 0 Å². The predicted octanol–water partition coefficient (Wildman–Crippen LogP) is 4.90. The largest absolute Gasteiger partial charge is 0.481 e. The summed E-state index contributed by atoms with van der Waals surface area (Å²) in [6, 6.07) is 11.4. The monoisotopic (exact) mass is 401 g/mol. The zero-order valence-corrected chi connectivity index (χ0v) is 15.9. The molecule has 4 rings (SSSR count). The maximum Gasteiger partial charge on any atom is 0.308 e. The number of aliphatic carboxylic acids is 1. The fraction of sp³-hybridized carbons (Fsp3) is 0.250. The van der Waals surface area contributed by atoms with Crippen molar-refractivity contribution in [3.8, 4) is 11.1 Å². The molecule has 1 atom stereocenters. The average Bonchev–Trinajstić information content (AvgIpc) is 2.69. The van der Waals surface area contributed by atoms with Gasteiger partial charge < -0.3 is 10.0 Å². The van der Waals surface area contributed by atoms with Gasteiger partial charge in [-0.2, -0.15) is 0 Å². The van der Waals surface area contributed by atoms with E-state index in [1.165, 1.54) is 6.33 Å². The van der Waals surface area contributed by atoms with Gasteiger partial charge in [0.25, 0.3) is 0 Å². The van der Waals surface area contributed by atoms with Gasteiger partial charge in [-0.15, -0.1) is 0 Å². The Morgan fingerprint density at radius 3 is 2.78 bits per heavy atom. The van der Waals surface area contributed by atoms with E-state index < -0.39 is 5.97 Å². The molecule has 138 valence electrons. The Labute approximate surface area is 166 Å². The maximum atomic E-state index is 11.5. The number of piperidine rings is 1. The van der Waals surface area contributed by atoms with E-state index in [0.29, 0.717) is 23.0 Å². The smallest absolute Gasteiger partial charge is 0.308 e. The third kappa shape index (κ3) is 3.45. The van der Waals surface area contributed by atoms with E-state index in [2.05, 4.69) is 9.97 Å². The lowest BCUT2D eigenvalue weighted by Gasteiger charge is -2.32. The minimum Gasteiger partial charge on any atom is -0.481 e. The number of benzene rings is 2. The van der Waals surface area contributed by atoms with Crippen LogP contribution in [-0.2, 0) is 4.79 Å². The molecule has 1 N–H and O–H groups in total. The molecule has 2 heterocycles. The van der Waals surface area contributed by atoms with Crippen LogP contribution in [0, 0.1) is 5.92 Å². The first-order valence-corrected chi connectivity index (χ1v) is 9.47. The van der Waals surface area contributed by atoms with Crippen molar-refractivity contribution in [2.45, 2.75) is 12.8 Å². The van der Waals surface area contributed by atoms with Gasteiger partial charge in [0.2, 0.25) is 0 Å². The van der Waals surface area contributed by atoms with Crippen LogP contribution in [0.3, 0.4) is 0 Å². The zero-order valence-electron chi connectivity index (χ0n) is 14.4. The van der Waals surface area contributed by atoms with E-state index in [0.717, 1.165) is 40.8 Å². The summed E-state index contributed by atoms with van der Waals surface area (Å²) in [6.45, 7) is 1.21. The Kier molecular flexibility index (Phi) is 4.89. The lowest BCUT2D eigenvalue weighted by Crippen LogP contribution is -2.39. The second-order valence-corrected chi connectivity index (χ2v) is 7.46. The van der Waals surface area contributed by atoms with Crippen molar-refractivity contribution >= 4 is 45.9 Å². The molecular weight excluding hydrogens is 385 g/mol. The van der Waals surface area contributed by atoms with E-state index in [1.54, 1.807) is 6.07 Å². The highest BCUT2D eigenvalue weighted by Gasteiger charge is 2.27. The molecule has 0 spiro atoms. The van der Waals surface area contributed by atoms with Gasteiger partial charge in [0.15, 0.2) is 0 Å². The number of hydrogen-bond acceptors (Lipinski definition) is 4. The molecule has 0 radical (unpaired) electrons. The zero-order chi connectivity index (χ0) is 19.0. The van der Waals surface area contributed by atoms with Gasteiger partial charge >= 0.3 is 5.97 Å². The molecular formula is C20H17Cl2N3O2. The highest BCUT2D eigenvalue weighted by Crippen LogP contribution is 2.37. The van der Waals surface area contributed by atoms with Crippen LogP contribution >= 0.6 is 23.2 Å². The van der Waals surface area contributed by atoms with E-state index in [-0.39, 0.29) is 5.92 Å². The summed E-state index contributed by atoms with van der Waals surface area (Å²) >= 11 is 12.3. The van der Waals surface area contributed by atoms with Crippen LogP contribution in [0.2, 0.25) is 10.0 Å². The maximum absolute atomic E-state index is 11.5. The van der Waals surface area contributed by atoms with Crippen molar-refractivity contribution in [1.82, 2.24) is 9.97 Å². The fourth-order valence-electron chi connectivity index (χ4n) is 3.61. The summed E-state index contributed by atoms with van der Waals surface area (Å²) in [5.41, 5.74) is 2.66. The van der Waals surface area contributed by atoms with Crippen LogP contribution in [0.5, 0.6) is 0 Å². The minimum absolute atomic E-state index is 0.388. The first kappa shape index (κ1) is 18.0. The average molecular weight is 402 g/mol.